The van der Waals surface area contributed by atoms with E-state index in [9.17, 15) is 13.2 Å². The molecule has 1 heterocycles. The molecule has 148 valence electrons. The van der Waals surface area contributed by atoms with Crippen molar-refractivity contribution in [2.45, 2.75) is 30.4 Å². The Morgan fingerprint density at radius 3 is 2.64 bits per heavy atom. The van der Waals surface area contributed by atoms with Gasteiger partial charge in [0.1, 0.15) is 5.75 Å². The number of aromatic nitrogens is 1. The van der Waals surface area contributed by atoms with Crippen LogP contribution in [0, 0.1) is 0 Å². The molecule has 0 saturated carbocycles. The van der Waals surface area contributed by atoms with E-state index in [4.69, 9.17) is 4.74 Å². The molecule has 0 saturated heterocycles. The van der Waals surface area contributed by atoms with Crippen molar-refractivity contribution >= 4 is 48.8 Å². The van der Waals surface area contributed by atoms with Crippen LogP contribution < -0.4 is 15.4 Å². The highest BCUT2D eigenvalue weighted by molar-refractivity contribution is 7.94. The van der Waals surface area contributed by atoms with Crippen LogP contribution in [0.4, 0.5) is 16.2 Å². The zero-order valence-corrected chi connectivity index (χ0v) is 17.4. The van der Waals surface area contributed by atoms with Crippen LogP contribution in [0.3, 0.4) is 0 Å². The summed E-state index contributed by atoms with van der Waals surface area (Å²) in [6.45, 7) is 5.61. The van der Waals surface area contributed by atoms with Crippen molar-refractivity contribution in [2.75, 3.05) is 17.2 Å². The Balaban J connectivity index is 1.78. The van der Waals surface area contributed by atoms with E-state index >= 15 is 0 Å². The number of carbonyl (C=O) groups excluding carboxylic acids is 1. The van der Waals surface area contributed by atoms with Gasteiger partial charge in [0.25, 0.3) is 0 Å². The first-order valence-electron chi connectivity index (χ1n) is 8.75. The maximum atomic E-state index is 12.3. The molecule has 0 bridgehead atoms. The van der Waals surface area contributed by atoms with Gasteiger partial charge in [0.2, 0.25) is 14.2 Å². The summed E-state index contributed by atoms with van der Waals surface area (Å²) in [6.07, 6.45) is 0. The smallest absolute Gasteiger partial charge is 0.323 e. The van der Waals surface area contributed by atoms with Crippen LogP contribution in [0.1, 0.15) is 20.8 Å². The fourth-order valence-electron chi connectivity index (χ4n) is 2.44. The summed E-state index contributed by atoms with van der Waals surface area (Å²) in [6, 6.07) is 11.8. The SMILES string of the molecule is CCOc1ccccc1NC(=O)Nc1ccc2nc(S(=O)(=O)C(C)C)sc2c1. The monoisotopic (exact) mass is 419 g/mol. The third kappa shape index (κ3) is 4.26. The Hall–Kier alpha value is -2.65. The molecule has 1 aromatic heterocycles. The Morgan fingerprint density at radius 2 is 1.93 bits per heavy atom. The maximum Gasteiger partial charge on any atom is 0.323 e. The van der Waals surface area contributed by atoms with Gasteiger partial charge in [0, 0.05) is 5.69 Å². The molecule has 28 heavy (non-hydrogen) atoms. The van der Waals surface area contributed by atoms with Crippen LogP contribution in [0.5, 0.6) is 5.75 Å². The third-order valence-electron chi connectivity index (χ3n) is 3.93. The lowest BCUT2D eigenvalue weighted by Crippen LogP contribution is -2.19. The first-order valence-corrected chi connectivity index (χ1v) is 11.1. The van der Waals surface area contributed by atoms with Crippen LogP contribution >= 0.6 is 11.3 Å². The van der Waals surface area contributed by atoms with Crippen LogP contribution in [-0.2, 0) is 9.84 Å². The second-order valence-electron chi connectivity index (χ2n) is 6.26. The fourth-order valence-corrected chi connectivity index (χ4v) is 5.12. The van der Waals surface area contributed by atoms with Gasteiger partial charge in [-0.1, -0.05) is 12.1 Å². The van der Waals surface area contributed by atoms with E-state index in [0.29, 0.717) is 33.9 Å². The van der Waals surface area contributed by atoms with Gasteiger partial charge in [-0.05, 0) is 51.1 Å². The summed E-state index contributed by atoms with van der Waals surface area (Å²) in [4.78, 5) is 16.6. The van der Waals surface area contributed by atoms with Crippen LogP contribution in [-0.4, -0.2) is 31.3 Å². The van der Waals surface area contributed by atoms with Crippen molar-refractivity contribution in [3.05, 3.63) is 42.5 Å². The molecule has 9 heteroatoms. The summed E-state index contributed by atoms with van der Waals surface area (Å²) >= 11 is 1.10. The summed E-state index contributed by atoms with van der Waals surface area (Å²) in [5.74, 6) is 0.585. The number of para-hydroxylation sites is 2. The number of nitrogens with one attached hydrogen (secondary N) is 2. The molecule has 3 rings (SSSR count). The number of thiazole rings is 1. The number of amides is 2. The minimum Gasteiger partial charge on any atom is -0.492 e. The Bertz CT molecular complexity index is 1110. The van der Waals surface area contributed by atoms with Crippen LogP contribution in [0.25, 0.3) is 10.2 Å². The van der Waals surface area contributed by atoms with Gasteiger partial charge in [-0.3, -0.25) is 0 Å². The minimum atomic E-state index is -3.43. The lowest BCUT2D eigenvalue weighted by atomic mass is 10.3. The Kier molecular flexibility index (Phi) is 5.85. The number of rotatable bonds is 6. The number of anilines is 2. The van der Waals surface area contributed by atoms with Crippen molar-refractivity contribution in [3.63, 3.8) is 0 Å². The van der Waals surface area contributed by atoms with E-state index in [-0.39, 0.29) is 4.34 Å². The van der Waals surface area contributed by atoms with E-state index in [1.54, 1.807) is 50.2 Å². The lowest BCUT2D eigenvalue weighted by molar-refractivity contribution is 0.262. The van der Waals surface area contributed by atoms with Gasteiger partial charge in [-0.25, -0.2) is 18.2 Å². The van der Waals surface area contributed by atoms with E-state index < -0.39 is 21.1 Å². The number of urea groups is 1. The van der Waals surface area contributed by atoms with Crippen molar-refractivity contribution in [3.8, 4) is 5.75 Å². The number of hydrogen-bond donors (Lipinski definition) is 2. The quantitative estimate of drug-likeness (QED) is 0.612. The normalized spacial score (nSPS) is 11.6. The van der Waals surface area contributed by atoms with Gasteiger partial charge in [-0.2, -0.15) is 0 Å². The molecule has 2 aromatic carbocycles. The third-order valence-corrected chi connectivity index (χ3v) is 7.50. The first kappa shape index (κ1) is 20.1. The highest BCUT2D eigenvalue weighted by Crippen LogP contribution is 2.30. The van der Waals surface area contributed by atoms with Gasteiger partial charge < -0.3 is 15.4 Å². The fraction of sp³-hybridized carbons (Fsp3) is 0.263. The second kappa shape index (κ2) is 8.15. The minimum absolute atomic E-state index is 0.0877. The second-order valence-corrected chi connectivity index (χ2v) is 9.97. The van der Waals surface area contributed by atoms with Crippen molar-refractivity contribution in [2.24, 2.45) is 0 Å². The van der Waals surface area contributed by atoms with Gasteiger partial charge >= 0.3 is 6.03 Å². The van der Waals surface area contributed by atoms with Crippen molar-refractivity contribution in [1.29, 1.82) is 0 Å². The Labute approximate surface area is 167 Å². The molecular weight excluding hydrogens is 398 g/mol. The number of fused-ring (bicyclic) bond motifs is 1. The summed E-state index contributed by atoms with van der Waals surface area (Å²) in [5, 5.41) is 4.96. The molecule has 3 aromatic rings. The van der Waals surface area contributed by atoms with Gasteiger partial charge in [-0.15, -0.1) is 11.3 Å². The van der Waals surface area contributed by atoms with Crippen LogP contribution in [0.2, 0.25) is 0 Å². The molecule has 0 spiro atoms. The molecular formula is C19H21N3O4S2. The molecule has 0 atom stereocenters. The number of benzene rings is 2. The standard InChI is InChI=1S/C19H21N3O4S2/c1-4-26-16-8-6-5-7-14(16)21-18(23)20-13-9-10-15-17(11-13)27-19(22-15)28(24,25)12(2)3/h5-12H,4H2,1-3H3,(H2,20,21,23). The average Bonchev–Trinajstić information content (AvgIpc) is 3.07. The number of hydrogen-bond acceptors (Lipinski definition) is 6. The number of ether oxygens (including phenoxy) is 1. The molecule has 0 aliphatic rings. The number of nitrogens with zero attached hydrogens (tertiary/aromatic N) is 1. The zero-order valence-electron chi connectivity index (χ0n) is 15.7. The van der Waals surface area contributed by atoms with Gasteiger partial charge in [0.05, 0.1) is 27.8 Å². The summed E-state index contributed by atoms with van der Waals surface area (Å²) in [7, 11) is -3.43. The zero-order chi connectivity index (χ0) is 20.3. The highest BCUT2D eigenvalue weighted by Gasteiger charge is 2.23. The molecule has 0 aliphatic carbocycles. The van der Waals surface area contributed by atoms with Crippen molar-refractivity contribution in [1.82, 2.24) is 4.98 Å². The molecule has 7 nitrogen and oxygen atoms in total. The topological polar surface area (TPSA) is 97.4 Å². The summed E-state index contributed by atoms with van der Waals surface area (Å²) in [5.41, 5.74) is 1.68. The predicted octanol–water partition coefficient (Wildman–Crippen LogP) is 4.52. The van der Waals surface area contributed by atoms with Crippen molar-refractivity contribution < 1.29 is 17.9 Å². The average molecular weight is 420 g/mol. The molecule has 0 unspecified atom stereocenters. The largest absolute Gasteiger partial charge is 0.492 e. The van der Waals surface area contributed by atoms with E-state index in [1.165, 1.54) is 0 Å². The molecule has 2 amide bonds. The Morgan fingerprint density at radius 1 is 1.18 bits per heavy atom. The van der Waals surface area contributed by atoms with E-state index in [2.05, 4.69) is 15.6 Å². The lowest BCUT2D eigenvalue weighted by Gasteiger charge is -2.12. The number of carbonyl (C=O) groups is 1. The number of sulfone groups is 1. The maximum absolute atomic E-state index is 12.3. The molecule has 0 radical (unpaired) electrons. The molecule has 0 fully saturated rings. The molecule has 0 aliphatic heterocycles. The van der Waals surface area contributed by atoms with Crippen LogP contribution in [0.15, 0.2) is 46.8 Å². The predicted molar refractivity (Wildman–Crippen MR) is 112 cm³/mol. The summed E-state index contributed by atoms with van der Waals surface area (Å²) < 4.78 is 30.9. The first-order chi connectivity index (χ1) is 13.3. The van der Waals surface area contributed by atoms with Gasteiger partial charge in [0.15, 0.2) is 0 Å². The van der Waals surface area contributed by atoms with E-state index in [0.717, 1.165) is 11.3 Å². The molecule has 2 N–H and O–H groups in total. The van der Waals surface area contributed by atoms with E-state index in [1.807, 2.05) is 13.0 Å². The highest BCUT2D eigenvalue weighted by atomic mass is 32.2.